The van der Waals surface area contributed by atoms with Crippen LogP contribution in [0.5, 0.6) is 0 Å². The van der Waals surface area contributed by atoms with Crippen molar-refractivity contribution in [2.24, 2.45) is 22.7 Å². The van der Waals surface area contributed by atoms with Crippen LogP contribution < -0.4 is 16.6 Å². The summed E-state index contributed by atoms with van der Waals surface area (Å²) in [6, 6.07) is 0. The van der Waals surface area contributed by atoms with Crippen molar-refractivity contribution in [3.8, 4) is 0 Å². The van der Waals surface area contributed by atoms with E-state index in [1.54, 1.807) is 7.11 Å². The lowest BCUT2D eigenvalue weighted by Gasteiger charge is -2.26. The Morgan fingerprint density at radius 1 is 1.44 bits per heavy atom. The molecule has 1 rings (SSSR count). The molecule has 18 heavy (non-hydrogen) atoms. The highest BCUT2D eigenvalue weighted by molar-refractivity contribution is 5.79. The van der Waals surface area contributed by atoms with E-state index in [2.05, 4.69) is 22.7 Å². The molecule has 0 saturated heterocycles. The van der Waals surface area contributed by atoms with Crippen molar-refractivity contribution in [3.63, 3.8) is 0 Å². The molecule has 5 nitrogen and oxygen atoms in total. The van der Waals surface area contributed by atoms with Gasteiger partial charge in [0.15, 0.2) is 0 Å². The molecule has 2 unspecified atom stereocenters. The standard InChI is InChI=1S/C13H28N4O/c1-11-4-3-5-12(10-11)6-7-15-13(17-14)16-8-9-18-2/h11-12H,3-10,14H2,1-2H3,(H2,15,16,17). The van der Waals surface area contributed by atoms with Gasteiger partial charge in [-0.05, 0) is 24.7 Å². The van der Waals surface area contributed by atoms with Crippen molar-refractivity contribution in [2.45, 2.75) is 39.0 Å². The van der Waals surface area contributed by atoms with Gasteiger partial charge in [-0.25, -0.2) is 5.84 Å². The Kier molecular flexibility index (Phi) is 7.76. The van der Waals surface area contributed by atoms with Gasteiger partial charge in [0.05, 0.1) is 6.61 Å². The number of nitrogens with one attached hydrogen (secondary N) is 2. The number of ether oxygens (including phenoxy) is 1. The quantitative estimate of drug-likeness (QED) is 0.220. The molecule has 0 radical (unpaired) electrons. The number of nitrogens with zero attached hydrogens (tertiary/aromatic N) is 1. The summed E-state index contributed by atoms with van der Waals surface area (Å²) in [5.74, 6) is 7.81. The molecule has 1 fully saturated rings. The van der Waals surface area contributed by atoms with E-state index < -0.39 is 0 Å². The maximum absolute atomic E-state index is 5.41. The summed E-state index contributed by atoms with van der Waals surface area (Å²) < 4.78 is 4.96. The van der Waals surface area contributed by atoms with Crippen LogP contribution in [0.15, 0.2) is 4.99 Å². The number of nitrogens with two attached hydrogens (primary N) is 1. The molecule has 106 valence electrons. The van der Waals surface area contributed by atoms with Gasteiger partial charge < -0.3 is 10.1 Å². The van der Waals surface area contributed by atoms with Crippen molar-refractivity contribution in [1.29, 1.82) is 0 Å². The van der Waals surface area contributed by atoms with Gasteiger partial charge in [0.1, 0.15) is 0 Å². The Bertz CT molecular complexity index is 245. The molecular weight excluding hydrogens is 228 g/mol. The van der Waals surface area contributed by atoms with Gasteiger partial charge >= 0.3 is 0 Å². The lowest BCUT2D eigenvalue weighted by molar-refractivity contribution is 0.203. The number of hydrogen-bond acceptors (Lipinski definition) is 3. The fourth-order valence-electron chi connectivity index (χ4n) is 2.60. The molecule has 4 N–H and O–H groups in total. The van der Waals surface area contributed by atoms with Crippen molar-refractivity contribution in [1.82, 2.24) is 10.7 Å². The molecule has 0 aromatic rings. The second-order valence-corrected chi connectivity index (χ2v) is 5.22. The third-order valence-electron chi connectivity index (χ3n) is 3.59. The monoisotopic (exact) mass is 256 g/mol. The van der Waals surface area contributed by atoms with Gasteiger partial charge in [0.25, 0.3) is 0 Å². The Hall–Kier alpha value is -0.810. The highest BCUT2D eigenvalue weighted by Gasteiger charge is 2.18. The second kappa shape index (κ2) is 9.16. The summed E-state index contributed by atoms with van der Waals surface area (Å²) in [4.78, 5) is 4.45. The van der Waals surface area contributed by atoms with E-state index in [4.69, 9.17) is 10.6 Å². The van der Waals surface area contributed by atoms with E-state index in [0.29, 0.717) is 12.6 Å². The highest BCUT2D eigenvalue weighted by atomic mass is 16.5. The highest BCUT2D eigenvalue weighted by Crippen LogP contribution is 2.30. The molecule has 0 aliphatic heterocycles. The molecule has 1 saturated carbocycles. The lowest BCUT2D eigenvalue weighted by atomic mass is 9.81. The first kappa shape index (κ1) is 15.2. The summed E-state index contributed by atoms with van der Waals surface area (Å²) in [5, 5.41) is 3.11. The topological polar surface area (TPSA) is 71.7 Å². The minimum Gasteiger partial charge on any atom is -0.383 e. The Balaban J connectivity index is 2.19. The van der Waals surface area contributed by atoms with Crippen LogP contribution in [0.2, 0.25) is 0 Å². The predicted octanol–water partition coefficient (Wildman–Crippen LogP) is 1.26. The zero-order chi connectivity index (χ0) is 13.2. The largest absolute Gasteiger partial charge is 0.383 e. The molecule has 1 aliphatic carbocycles. The van der Waals surface area contributed by atoms with Gasteiger partial charge in [-0.15, -0.1) is 0 Å². The van der Waals surface area contributed by atoms with Gasteiger partial charge in [-0.3, -0.25) is 10.4 Å². The van der Waals surface area contributed by atoms with E-state index in [1.807, 2.05) is 0 Å². The van der Waals surface area contributed by atoms with Gasteiger partial charge in [0, 0.05) is 20.2 Å². The molecule has 0 aromatic heterocycles. The average molecular weight is 256 g/mol. The lowest BCUT2D eigenvalue weighted by Crippen LogP contribution is -2.43. The molecule has 5 heteroatoms. The fraction of sp³-hybridized carbons (Fsp3) is 0.923. The van der Waals surface area contributed by atoms with E-state index in [1.165, 1.54) is 32.1 Å². The number of rotatable bonds is 6. The third-order valence-corrected chi connectivity index (χ3v) is 3.59. The maximum atomic E-state index is 5.41. The summed E-state index contributed by atoms with van der Waals surface area (Å²) >= 11 is 0. The smallest absolute Gasteiger partial charge is 0.205 e. The molecule has 0 aromatic carbocycles. The number of hydrogen-bond donors (Lipinski definition) is 3. The zero-order valence-corrected chi connectivity index (χ0v) is 11.7. The maximum Gasteiger partial charge on any atom is 0.205 e. The molecule has 0 amide bonds. The fourth-order valence-corrected chi connectivity index (χ4v) is 2.60. The van der Waals surface area contributed by atoms with Gasteiger partial charge in [0.2, 0.25) is 5.96 Å². The van der Waals surface area contributed by atoms with Crippen LogP contribution in [0.25, 0.3) is 0 Å². The Morgan fingerprint density at radius 2 is 2.28 bits per heavy atom. The molecule has 0 bridgehead atoms. The van der Waals surface area contributed by atoms with Crippen LogP contribution in [0.1, 0.15) is 39.0 Å². The summed E-state index contributed by atoms with van der Waals surface area (Å²) in [5.41, 5.74) is 2.59. The van der Waals surface area contributed by atoms with E-state index >= 15 is 0 Å². The van der Waals surface area contributed by atoms with Crippen LogP contribution in [0, 0.1) is 11.8 Å². The second-order valence-electron chi connectivity index (χ2n) is 5.22. The first-order valence-corrected chi connectivity index (χ1v) is 7.00. The van der Waals surface area contributed by atoms with Gasteiger partial charge in [-0.1, -0.05) is 26.2 Å². The van der Waals surface area contributed by atoms with Crippen LogP contribution in [0.4, 0.5) is 0 Å². The number of hydrazine groups is 1. The van der Waals surface area contributed by atoms with E-state index in [-0.39, 0.29) is 0 Å². The van der Waals surface area contributed by atoms with Crippen LogP contribution in [0.3, 0.4) is 0 Å². The van der Waals surface area contributed by atoms with Crippen molar-refractivity contribution >= 4 is 5.96 Å². The molecule has 0 heterocycles. The predicted molar refractivity (Wildman–Crippen MR) is 75.2 cm³/mol. The normalized spacial score (nSPS) is 24.9. The van der Waals surface area contributed by atoms with Crippen molar-refractivity contribution < 1.29 is 4.74 Å². The third kappa shape index (κ3) is 6.21. The van der Waals surface area contributed by atoms with Crippen LogP contribution >= 0.6 is 0 Å². The molecule has 2 atom stereocenters. The number of guanidine groups is 1. The SMILES string of the molecule is COCCNC(=NCCC1CCCC(C)C1)NN. The Labute approximate surface area is 111 Å². The first-order valence-electron chi connectivity index (χ1n) is 7.00. The summed E-state index contributed by atoms with van der Waals surface area (Å²) in [6.45, 7) is 4.58. The minimum absolute atomic E-state index is 0.654. The first-order chi connectivity index (χ1) is 8.76. The molecule has 1 aliphatic rings. The van der Waals surface area contributed by atoms with Gasteiger partial charge in [-0.2, -0.15) is 0 Å². The van der Waals surface area contributed by atoms with Crippen LogP contribution in [-0.2, 0) is 4.74 Å². The Morgan fingerprint density at radius 3 is 2.94 bits per heavy atom. The van der Waals surface area contributed by atoms with Crippen LogP contribution in [-0.4, -0.2) is 32.8 Å². The number of methoxy groups -OCH3 is 1. The minimum atomic E-state index is 0.654. The van der Waals surface area contributed by atoms with Crippen molar-refractivity contribution in [2.75, 3.05) is 26.8 Å². The zero-order valence-electron chi connectivity index (χ0n) is 11.7. The van der Waals surface area contributed by atoms with E-state index in [0.717, 1.165) is 24.9 Å². The van der Waals surface area contributed by atoms with E-state index in [9.17, 15) is 0 Å². The molecule has 0 spiro atoms. The van der Waals surface area contributed by atoms with Crippen molar-refractivity contribution in [3.05, 3.63) is 0 Å². The average Bonchev–Trinajstić information content (AvgIpc) is 2.37. The molecular formula is C13H28N4O. The summed E-state index contributed by atoms with van der Waals surface area (Å²) in [6.07, 6.45) is 6.67. The summed E-state index contributed by atoms with van der Waals surface area (Å²) in [7, 11) is 1.68. The number of aliphatic imine (C=N–C) groups is 1.